The third-order valence-electron chi connectivity index (χ3n) is 6.22. The fourth-order valence-corrected chi connectivity index (χ4v) is 4.31. The molecule has 0 heterocycles. The molecule has 0 nitrogen and oxygen atoms in total. The van der Waals surface area contributed by atoms with Crippen molar-refractivity contribution in [3.05, 3.63) is 0 Å². The minimum atomic E-state index is -2.37. The highest BCUT2D eigenvalue weighted by atomic mass is 19.3. The zero-order valence-electron chi connectivity index (χ0n) is 13.0. The van der Waals surface area contributed by atoms with Crippen molar-refractivity contribution in [3.8, 4) is 0 Å². The van der Waals surface area contributed by atoms with Crippen molar-refractivity contribution in [1.82, 2.24) is 0 Å². The second kappa shape index (κ2) is 5.33. The summed E-state index contributed by atoms with van der Waals surface area (Å²) in [4.78, 5) is 0. The van der Waals surface area contributed by atoms with Crippen LogP contribution in [0.2, 0.25) is 0 Å². The van der Waals surface area contributed by atoms with Crippen LogP contribution in [0.1, 0.15) is 72.6 Å². The van der Waals surface area contributed by atoms with Gasteiger partial charge in [0.1, 0.15) is 0 Å². The third-order valence-corrected chi connectivity index (χ3v) is 6.22. The fraction of sp³-hybridized carbons (Fsp3) is 1.00. The number of alkyl halides is 2. The smallest absolute Gasteiger partial charge is 0.207 e. The van der Waals surface area contributed by atoms with Crippen molar-refractivity contribution >= 4 is 0 Å². The molecule has 0 radical (unpaired) electrons. The van der Waals surface area contributed by atoms with Gasteiger partial charge >= 0.3 is 0 Å². The topological polar surface area (TPSA) is 0 Å². The van der Waals surface area contributed by atoms with Gasteiger partial charge in [0.25, 0.3) is 0 Å². The summed E-state index contributed by atoms with van der Waals surface area (Å²) in [6.07, 6.45) is 6.10. The maximum atomic E-state index is 13.3. The van der Waals surface area contributed by atoms with E-state index in [2.05, 4.69) is 27.7 Å². The molecular formula is C17H30F2. The highest BCUT2D eigenvalue weighted by Crippen LogP contribution is 2.50. The van der Waals surface area contributed by atoms with Crippen LogP contribution in [0.15, 0.2) is 0 Å². The summed E-state index contributed by atoms with van der Waals surface area (Å²) in [5.74, 6) is -0.116. The van der Waals surface area contributed by atoms with Gasteiger partial charge in [-0.3, -0.25) is 0 Å². The van der Waals surface area contributed by atoms with Gasteiger partial charge in [-0.05, 0) is 61.2 Å². The van der Waals surface area contributed by atoms with Gasteiger partial charge in [0.15, 0.2) is 0 Å². The fourth-order valence-electron chi connectivity index (χ4n) is 4.31. The van der Waals surface area contributed by atoms with Gasteiger partial charge in [0.05, 0.1) is 0 Å². The van der Waals surface area contributed by atoms with Crippen molar-refractivity contribution in [2.45, 2.75) is 78.6 Å². The molecule has 2 aliphatic rings. The SMILES string of the molecule is CC(CC1CCC(C)(C(C)C)C1)C1CCC(F)(F)C1. The molecule has 0 aliphatic heterocycles. The lowest BCUT2D eigenvalue weighted by molar-refractivity contribution is 0.00195. The highest BCUT2D eigenvalue weighted by Gasteiger charge is 2.43. The molecule has 2 fully saturated rings. The molecule has 0 N–H and O–H groups in total. The van der Waals surface area contributed by atoms with Gasteiger partial charge in [-0.1, -0.05) is 27.7 Å². The van der Waals surface area contributed by atoms with Crippen LogP contribution >= 0.6 is 0 Å². The Hall–Kier alpha value is -0.140. The predicted molar refractivity (Wildman–Crippen MR) is 76.4 cm³/mol. The molecule has 2 aliphatic carbocycles. The first kappa shape index (κ1) is 15.3. The molecule has 0 aromatic rings. The standard InChI is InChI=1S/C17H30F2/c1-12(2)16(4)7-5-14(10-16)9-13(3)15-6-8-17(18,19)11-15/h12-15H,5-11H2,1-4H3. The highest BCUT2D eigenvalue weighted by molar-refractivity contribution is 4.90. The van der Waals surface area contributed by atoms with Gasteiger partial charge in [-0.15, -0.1) is 0 Å². The molecule has 4 unspecified atom stereocenters. The van der Waals surface area contributed by atoms with E-state index in [-0.39, 0.29) is 18.8 Å². The lowest BCUT2D eigenvalue weighted by Crippen LogP contribution is -2.20. The van der Waals surface area contributed by atoms with E-state index in [1.165, 1.54) is 25.7 Å². The van der Waals surface area contributed by atoms with Crippen LogP contribution in [-0.2, 0) is 0 Å². The van der Waals surface area contributed by atoms with E-state index in [0.29, 0.717) is 11.3 Å². The monoisotopic (exact) mass is 272 g/mol. The minimum absolute atomic E-state index is 0.121. The molecule has 0 amide bonds. The van der Waals surface area contributed by atoms with Crippen LogP contribution < -0.4 is 0 Å². The second-order valence-electron chi connectivity index (χ2n) is 7.99. The molecule has 0 bridgehead atoms. The summed E-state index contributed by atoms with van der Waals surface area (Å²) in [5.41, 5.74) is 0.490. The zero-order valence-corrected chi connectivity index (χ0v) is 13.0. The van der Waals surface area contributed by atoms with Crippen LogP contribution in [0, 0.1) is 29.1 Å². The van der Waals surface area contributed by atoms with E-state index in [9.17, 15) is 8.78 Å². The number of hydrogen-bond acceptors (Lipinski definition) is 0. The van der Waals surface area contributed by atoms with Crippen molar-refractivity contribution < 1.29 is 8.78 Å². The van der Waals surface area contributed by atoms with Crippen LogP contribution in [0.4, 0.5) is 8.78 Å². The average molecular weight is 272 g/mol. The maximum Gasteiger partial charge on any atom is 0.248 e. The molecule has 4 atom stereocenters. The molecule has 2 saturated carbocycles. The van der Waals surface area contributed by atoms with Crippen LogP contribution in [0.25, 0.3) is 0 Å². The predicted octanol–water partition coefficient (Wildman–Crippen LogP) is 5.91. The van der Waals surface area contributed by atoms with Crippen LogP contribution in [0.3, 0.4) is 0 Å². The van der Waals surface area contributed by atoms with E-state index in [0.717, 1.165) is 18.3 Å². The van der Waals surface area contributed by atoms with Gasteiger partial charge < -0.3 is 0 Å². The Morgan fingerprint density at radius 1 is 1.05 bits per heavy atom. The van der Waals surface area contributed by atoms with Crippen molar-refractivity contribution in [1.29, 1.82) is 0 Å². The lowest BCUT2D eigenvalue weighted by atomic mass is 9.76. The summed E-state index contributed by atoms with van der Waals surface area (Å²) in [6.45, 7) is 9.26. The van der Waals surface area contributed by atoms with Gasteiger partial charge in [-0.2, -0.15) is 0 Å². The Balaban J connectivity index is 1.83. The second-order valence-corrected chi connectivity index (χ2v) is 7.99. The quantitative estimate of drug-likeness (QED) is 0.596. The van der Waals surface area contributed by atoms with Crippen LogP contribution in [0.5, 0.6) is 0 Å². The molecule has 0 aromatic heterocycles. The average Bonchev–Trinajstić information content (AvgIpc) is 2.83. The molecule has 112 valence electrons. The van der Waals surface area contributed by atoms with E-state index in [4.69, 9.17) is 0 Å². The lowest BCUT2D eigenvalue weighted by Gasteiger charge is -2.30. The van der Waals surface area contributed by atoms with Gasteiger partial charge in [-0.25, -0.2) is 8.78 Å². The van der Waals surface area contributed by atoms with E-state index in [1.807, 2.05) is 0 Å². The summed E-state index contributed by atoms with van der Waals surface area (Å²) in [7, 11) is 0. The van der Waals surface area contributed by atoms with Crippen molar-refractivity contribution in [2.24, 2.45) is 29.1 Å². The summed E-state index contributed by atoms with van der Waals surface area (Å²) in [6, 6.07) is 0. The summed E-state index contributed by atoms with van der Waals surface area (Å²) >= 11 is 0. The first-order valence-electron chi connectivity index (χ1n) is 8.10. The molecular weight excluding hydrogens is 242 g/mol. The number of hydrogen-bond donors (Lipinski definition) is 0. The van der Waals surface area contributed by atoms with E-state index >= 15 is 0 Å². The number of rotatable bonds is 4. The van der Waals surface area contributed by atoms with Crippen molar-refractivity contribution in [2.75, 3.05) is 0 Å². The summed E-state index contributed by atoms with van der Waals surface area (Å²) < 4.78 is 26.6. The van der Waals surface area contributed by atoms with Crippen LogP contribution in [-0.4, -0.2) is 5.92 Å². The Kier molecular flexibility index (Phi) is 4.28. The Morgan fingerprint density at radius 3 is 2.21 bits per heavy atom. The Bertz CT molecular complexity index is 310. The largest absolute Gasteiger partial charge is 0.248 e. The van der Waals surface area contributed by atoms with Gasteiger partial charge in [0, 0.05) is 12.8 Å². The zero-order chi connectivity index (χ0) is 14.3. The molecule has 0 saturated heterocycles. The van der Waals surface area contributed by atoms with E-state index < -0.39 is 5.92 Å². The first-order chi connectivity index (χ1) is 8.72. The molecule has 0 aromatic carbocycles. The maximum absolute atomic E-state index is 13.3. The Morgan fingerprint density at radius 2 is 1.74 bits per heavy atom. The molecule has 0 spiro atoms. The summed E-state index contributed by atoms with van der Waals surface area (Å²) in [5, 5.41) is 0. The third kappa shape index (κ3) is 3.49. The van der Waals surface area contributed by atoms with Gasteiger partial charge in [0.2, 0.25) is 5.92 Å². The molecule has 19 heavy (non-hydrogen) atoms. The first-order valence-corrected chi connectivity index (χ1v) is 8.10. The molecule has 2 heteroatoms. The Labute approximate surface area is 117 Å². The van der Waals surface area contributed by atoms with Crippen molar-refractivity contribution in [3.63, 3.8) is 0 Å². The minimum Gasteiger partial charge on any atom is -0.207 e. The number of halogens is 2. The normalized spacial score (nSPS) is 39.9. The van der Waals surface area contributed by atoms with E-state index in [1.54, 1.807) is 0 Å². The molecule has 2 rings (SSSR count).